The van der Waals surface area contributed by atoms with Crippen molar-refractivity contribution in [1.82, 2.24) is 4.57 Å². The Kier molecular flexibility index (Phi) is 10.2. The lowest BCUT2D eigenvalue weighted by Gasteiger charge is -2.23. The van der Waals surface area contributed by atoms with Crippen molar-refractivity contribution in [1.29, 1.82) is 0 Å². The molecule has 1 atom stereocenters. The fourth-order valence-corrected chi connectivity index (χ4v) is 6.21. The summed E-state index contributed by atoms with van der Waals surface area (Å²) in [4.78, 5) is 31.8. The topological polar surface area (TPSA) is 88.4 Å². The van der Waals surface area contributed by atoms with Crippen molar-refractivity contribution in [3.05, 3.63) is 132 Å². The molecule has 5 rings (SSSR count). The highest BCUT2D eigenvalue weighted by atomic mass is 35.5. The summed E-state index contributed by atoms with van der Waals surface area (Å²) in [7, 11) is 1.30. The van der Waals surface area contributed by atoms with Crippen LogP contribution >= 0.6 is 22.9 Å². The van der Waals surface area contributed by atoms with Crippen molar-refractivity contribution < 1.29 is 23.7 Å². The number of allylic oxidation sites excluding steroid dienone is 1. The number of benzene rings is 3. The number of nitrogens with zero attached hydrogens (tertiary/aromatic N) is 2. The molecule has 0 radical (unpaired) electrons. The van der Waals surface area contributed by atoms with Gasteiger partial charge in [0, 0.05) is 16.8 Å². The van der Waals surface area contributed by atoms with Gasteiger partial charge in [-0.25, -0.2) is 9.79 Å². The average molecular weight is 645 g/mol. The number of rotatable bonds is 12. The molecule has 0 N–H and O–H groups in total. The van der Waals surface area contributed by atoms with Gasteiger partial charge in [-0.3, -0.25) is 9.36 Å². The second-order valence-electron chi connectivity index (χ2n) is 9.99. The third-order valence-corrected chi connectivity index (χ3v) is 8.46. The van der Waals surface area contributed by atoms with E-state index in [1.165, 1.54) is 29.2 Å². The Labute approximate surface area is 270 Å². The van der Waals surface area contributed by atoms with Crippen LogP contribution in [0, 0.1) is 0 Å². The first-order valence-corrected chi connectivity index (χ1v) is 15.7. The number of fused-ring (bicyclic) bond motifs is 1. The van der Waals surface area contributed by atoms with Gasteiger partial charge in [-0.2, -0.15) is 0 Å². The molecule has 0 spiro atoms. The molecule has 8 nitrogen and oxygen atoms in total. The maximum absolute atomic E-state index is 14.0. The van der Waals surface area contributed by atoms with Gasteiger partial charge in [-0.15, -0.1) is 6.58 Å². The van der Waals surface area contributed by atoms with E-state index < -0.39 is 12.0 Å². The van der Waals surface area contributed by atoms with Crippen LogP contribution < -0.4 is 29.1 Å². The van der Waals surface area contributed by atoms with Gasteiger partial charge < -0.3 is 18.9 Å². The second kappa shape index (κ2) is 14.5. The molecule has 0 aliphatic carbocycles. The lowest BCUT2D eigenvalue weighted by molar-refractivity contribution is -0.136. The molecular weight excluding hydrogens is 612 g/mol. The Morgan fingerprint density at radius 3 is 2.49 bits per heavy atom. The largest absolute Gasteiger partial charge is 0.490 e. The van der Waals surface area contributed by atoms with Crippen LogP contribution in [0.5, 0.6) is 17.2 Å². The van der Waals surface area contributed by atoms with E-state index in [9.17, 15) is 9.59 Å². The van der Waals surface area contributed by atoms with Crippen molar-refractivity contribution in [3.63, 3.8) is 0 Å². The van der Waals surface area contributed by atoms with Gasteiger partial charge in [0.05, 0.1) is 36.5 Å². The summed E-state index contributed by atoms with van der Waals surface area (Å²) in [6, 6.07) is 17.9. The zero-order valence-corrected chi connectivity index (χ0v) is 26.8. The molecule has 1 aliphatic rings. The number of ether oxygens (including phenoxy) is 4. The molecule has 0 unspecified atom stereocenters. The summed E-state index contributed by atoms with van der Waals surface area (Å²) in [5.41, 5.74) is 3.23. The fraction of sp³-hybridized carbons (Fsp3) is 0.229. The molecule has 0 saturated heterocycles. The van der Waals surface area contributed by atoms with Gasteiger partial charge in [0.25, 0.3) is 5.56 Å². The van der Waals surface area contributed by atoms with Crippen molar-refractivity contribution in [2.24, 2.45) is 4.99 Å². The normalized spacial score (nSPS) is 14.2. The van der Waals surface area contributed by atoms with E-state index in [4.69, 9.17) is 30.5 Å². The minimum Gasteiger partial charge on any atom is -0.490 e. The first-order valence-electron chi connectivity index (χ1n) is 14.5. The Bertz CT molecular complexity index is 1940. The smallest absolute Gasteiger partial charge is 0.337 e. The minimum absolute atomic E-state index is 0.233. The highest BCUT2D eigenvalue weighted by molar-refractivity contribution is 7.07. The summed E-state index contributed by atoms with van der Waals surface area (Å²) in [5, 5.41) is 0.641. The number of carbonyl (C=O) groups excluding carboxylic acids is 1. The third kappa shape index (κ3) is 6.90. The van der Waals surface area contributed by atoms with Crippen molar-refractivity contribution in [2.75, 3.05) is 20.3 Å². The van der Waals surface area contributed by atoms with E-state index in [0.717, 1.165) is 16.7 Å². The second-order valence-corrected chi connectivity index (χ2v) is 11.4. The molecule has 1 aromatic heterocycles. The van der Waals surface area contributed by atoms with Crippen LogP contribution in [-0.4, -0.2) is 30.9 Å². The quantitative estimate of drug-likeness (QED) is 0.144. The maximum Gasteiger partial charge on any atom is 0.337 e. The standard InChI is InChI=1S/C35H33ClN2O6S/c1-5-10-23-17-22(13-15-28(23)44-21-25-11-8-9-12-27(25)36)18-31-33(39)38-32(26(34(40)41-4)20-37-35(38)45-31)24-14-16-29(42-6-2)30(19-24)43-7-3/h5,8-9,11-20,32H,1,6-7,10,21H2,2-4H3/b31-18-/t32-/m1/s1. The summed E-state index contributed by atoms with van der Waals surface area (Å²) in [5.74, 6) is 1.23. The van der Waals surface area contributed by atoms with Crippen LogP contribution in [0.2, 0.25) is 5.02 Å². The van der Waals surface area contributed by atoms with Crippen LogP contribution in [-0.2, 0) is 22.6 Å². The number of methoxy groups -OCH3 is 1. The molecule has 2 heterocycles. The summed E-state index contributed by atoms with van der Waals surface area (Å²) < 4.78 is 24.7. The van der Waals surface area contributed by atoms with E-state index in [1.807, 2.05) is 68.5 Å². The van der Waals surface area contributed by atoms with E-state index in [-0.39, 0.29) is 11.1 Å². The Balaban J connectivity index is 1.55. The zero-order valence-electron chi connectivity index (χ0n) is 25.2. The molecule has 1 aliphatic heterocycles. The minimum atomic E-state index is -0.775. The lowest BCUT2D eigenvalue weighted by Crippen LogP contribution is -2.39. The predicted octanol–water partition coefficient (Wildman–Crippen LogP) is 5.78. The molecular formula is C35H33ClN2O6S. The number of esters is 1. The van der Waals surface area contributed by atoms with E-state index in [1.54, 1.807) is 18.2 Å². The highest BCUT2D eigenvalue weighted by Crippen LogP contribution is 2.35. The predicted molar refractivity (Wildman–Crippen MR) is 176 cm³/mol. The first kappa shape index (κ1) is 31.8. The highest BCUT2D eigenvalue weighted by Gasteiger charge is 2.31. The van der Waals surface area contributed by atoms with E-state index >= 15 is 0 Å². The van der Waals surface area contributed by atoms with E-state index in [0.29, 0.717) is 63.4 Å². The number of halogens is 1. The average Bonchev–Trinajstić information content (AvgIpc) is 3.36. The number of carbonyl (C=O) groups is 1. The van der Waals surface area contributed by atoms with Gasteiger partial charge in [-0.1, -0.05) is 59.3 Å². The monoisotopic (exact) mass is 644 g/mol. The molecule has 4 aromatic rings. The summed E-state index contributed by atoms with van der Waals surface area (Å²) >= 11 is 7.55. The number of hydrogen-bond acceptors (Lipinski definition) is 8. The van der Waals surface area contributed by atoms with Crippen LogP contribution in [0.1, 0.15) is 42.1 Å². The summed E-state index contributed by atoms with van der Waals surface area (Å²) in [6.45, 7) is 8.86. The molecule has 232 valence electrons. The fourth-order valence-electron chi connectivity index (χ4n) is 5.05. The Morgan fingerprint density at radius 2 is 1.76 bits per heavy atom. The van der Waals surface area contributed by atoms with Gasteiger partial charge in [0.2, 0.25) is 0 Å². The molecule has 3 aromatic carbocycles. The van der Waals surface area contributed by atoms with Crippen molar-refractivity contribution >= 4 is 35.0 Å². The van der Waals surface area contributed by atoms with Gasteiger partial charge >= 0.3 is 5.97 Å². The SMILES string of the molecule is C=CCc1cc(/C=c2\sc3n(c2=O)[C@H](c2ccc(OCC)c(OCC)c2)C(C(=O)OC)=CN=3)ccc1OCc1ccccc1Cl. The number of hydrogen-bond donors (Lipinski definition) is 0. The Morgan fingerprint density at radius 1 is 1.00 bits per heavy atom. The van der Waals surface area contributed by atoms with Crippen LogP contribution in [0.15, 0.2) is 94.9 Å². The third-order valence-electron chi connectivity index (χ3n) is 7.10. The van der Waals surface area contributed by atoms with Gasteiger partial charge in [-0.05, 0) is 73.4 Å². The lowest BCUT2D eigenvalue weighted by atomic mass is 9.97. The summed E-state index contributed by atoms with van der Waals surface area (Å²) in [6.07, 6.45) is 5.66. The molecule has 45 heavy (non-hydrogen) atoms. The molecule has 0 fully saturated rings. The maximum atomic E-state index is 14.0. The Hall–Kier alpha value is -4.60. The van der Waals surface area contributed by atoms with Crippen LogP contribution in [0.25, 0.3) is 6.08 Å². The molecule has 0 saturated carbocycles. The first-order chi connectivity index (χ1) is 21.9. The molecule has 10 heteroatoms. The van der Waals surface area contributed by atoms with Crippen molar-refractivity contribution in [2.45, 2.75) is 32.9 Å². The van der Waals surface area contributed by atoms with Gasteiger partial charge in [0.15, 0.2) is 16.3 Å². The number of thiazole rings is 1. The van der Waals surface area contributed by atoms with Crippen molar-refractivity contribution in [3.8, 4) is 17.2 Å². The van der Waals surface area contributed by atoms with E-state index in [2.05, 4.69) is 11.6 Å². The number of aromatic nitrogens is 1. The van der Waals surface area contributed by atoms with Gasteiger partial charge in [0.1, 0.15) is 12.4 Å². The molecule has 0 amide bonds. The van der Waals surface area contributed by atoms with Crippen LogP contribution in [0.4, 0.5) is 0 Å². The zero-order chi connectivity index (χ0) is 31.9. The van der Waals surface area contributed by atoms with Crippen LogP contribution in [0.3, 0.4) is 0 Å². The molecule has 0 bridgehead atoms.